The fourth-order valence-electron chi connectivity index (χ4n) is 3.88. The van der Waals surface area contributed by atoms with Gasteiger partial charge in [-0.2, -0.15) is 5.10 Å². The molecule has 0 radical (unpaired) electrons. The molecule has 8 heteroatoms. The predicted octanol–water partition coefficient (Wildman–Crippen LogP) is 3.26. The van der Waals surface area contributed by atoms with E-state index in [0.29, 0.717) is 29.8 Å². The molecule has 1 aliphatic rings. The molecule has 0 saturated carbocycles. The van der Waals surface area contributed by atoms with Crippen LogP contribution in [-0.4, -0.2) is 53.9 Å². The molecule has 0 atom stereocenters. The Bertz CT molecular complexity index is 1140. The normalized spacial score (nSPS) is 12.8. The number of fused-ring (bicyclic) bond motifs is 1. The van der Waals surface area contributed by atoms with E-state index < -0.39 is 5.97 Å². The van der Waals surface area contributed by atoms with E-state index in [2.05, 4.69) is 5.10 Å². The number of ether oxygens (including phenoxy) is 3. The molecule has 8 nitrogen and oxygen atoms in total. The number of aromatic nitrogens is 2. The van der Waals surface area contributed by atoms with Crippen LogP contribution in [0.3, 0.4) is 0 Å². The van der Waals surface area contributed by atoms with Crippen molar-refractivity contribution in [1.82, 2.24) is 14.7 Å². The molecule has 3 aromatic rings. The third-order valence-corrected chi connectivity index (χ3v) is 5.47. The molecule has 0 bridgehead atoms. The molecular formula is C24H25N3O5. The number of amides is 1. The Balaban J connectivity index is 1.72. The number of benzene rings is 2. The maximum Gasteiger partial charge on any atom is 0.359 e. The first-order valence-electron chi connectivity index (χ1n) is 10.4. The van der Waals surface area contributed by atoms with E-state index in [1.807, 2.05) is 30.3 Å². The molecule has 2 aromatic carbocycles. The fraction of sp³-hybridized carbons (Fsp3) is 0.292. The summed E-state index contributed by atoms with van der Waals surface area (Å²) in [5.74, 6) is 0.597. The van der Waals surface area contributed by atoms with Gasteiger partial charge in [-0.3, -0.25) is 4.79 Å². The van der Waals surface area contributed by atoms with Crippen LogP contribution in [0.2, 0.25) is 0 Å². The van der Waals surface area contributed by atoms with E-state index in [0.717, 1.165) is 17.1 Å². The van der Waals surface area contributed by atoms with Crippen LogP contribution in [-0.2, 0) is 17.7 Å². The van der Waals surface area contributed by atoms with Crippen LogP contribution in [0.15, 0.2) is 48.5 Å². The quantitative estimate of drug-likeness (QED) is 0.553. The van der Waals surface area contributed by atoms with Crippen LogP contribution in [0.1, 0.15) is 39.0 Å². The average Bonchev–Trinajstić information content (AvgIpc) is 3.22. The smallest absolute Gasteiger partial charge is 0.359 e. The maximum absolute atomic E-state index is 13.2. The lowest BCUT2D eigenvalue weighted by Gasteiger charge is -2.28. The highest BCUT2D eigenvalue weighted by Crippen LogP contribution is 2.29. The van der Waals surface area contributed by atoms with Gasteiger partial charge in [0.05, 0.1) is 44.3 Å². The van der Waals surface area contributed by atoms with E-state index in [1.165, 1.54) is 7.11 Å². The zero-order valence-corrected chi connectivity index (χ0v) is 18.3. The summed E-state index contributed by atoms with van der Waals surface area (Å²) in [5.41, 5.74) is 3.12. The third-order valence-electron chi connectivity index (χ3n) is 5.47. The van der Waals surface area contributed by atoms with E-state index in [-0.39, 0.29) is 24.8 Å². The number of rotatable bonds is 6. The maximum atomic E-state index is 13.2. The molecule has 0 spiro atoms. The standard InChI is InChI=1S/C24H25N3O5/c1-4-32-24(29)22-19-15-26(23(28)18-7-5-6-8-21(18)31-3)14-13-20(19)27(25-22)16-9-11-17(30-2)12-10-16/h5-12H,4,13-15H2,1-3H3. The first-order chi connectivity index (χ1) is 15.6. The van der Waals surface area contributed by atoms with Crippen LogP contribution >= 0.6 is 0 Å². The van der Waals surface area contributed by atoms with Crippen LogP contribution in [0.4, 0.5) is 0 Å². The summed E-state index contributed by atoms with van der Waals surface area (Å²) in [6.07, 6.45) is 0.550. The molecule has 4 rings (SSSR count). The van der Waals surface area contributed by atoms with Crippen molar-refractivity contribution in [3.63, 3.8) is 0 Å². The lowest BCUT2D eigenvalue weighted by atomic mass is 10.0. The van der Waals surface area contributed by atoms with Crippen LogP contribution in [0, 0.1) is 0 Å². The van der Waals surface area contributed by atoms with E-state index >= 15 is 0 Å². The molecule has 2 heterocycles. The van der Waals surface area contributed by atoms with Crippen molar-refractivity contribution in [1.29, 1.82) is 0 Å². The van der Waals surface area contributed by atoms with Gasteiger partial charge in [0.15, 0.2) is 5.69 Å². The minimum Gasteiger partial charge on any atom is -0.497 e. The van der Waals surface area contributed by atoms with Gasteiger partial charge in [-0.25, -0.2) is 9.48 Å². The largest absolute Gasteiger partial charge is 0.497 e. The number of methoxy groups -OCH3 is 2. The highest BCUT2D eigenvalue weighted by molar-refractivity contribution is 5.97. The summed E-state index contributed by atoms with van der Waals surface area (Å²) in [6, 6.07) is 14.6. The van der Waals surface area contributed by atoms with Gasteiger partial charge in [-0.05, 0) is 43.3 Å². The second-order valence-electron chi connectivity index (χ2n) is 7.28. The Hall–Kier alpha value is -3.81. The van der Waals surface area contributed by atoms with Gasteiger partial charge >= 0.3 is 5.97 Å². The summed E-state index contributed by atoms with van der Waals surface area (Å²) >= 11 is 0. The number of nitrogens with zero attached hydrogens (tertiary/aromatic N) is 3. The second-order valence-corrected chi connectivity index (χ2v) is 7.28. The van der Waals surface area contributed by atoms with Crippen molar-refractivity contribution < 1.29 is 23.8 Å². The molecule has 0 fully saturated rings. The van der Waals surface area contributed by atoms with Crippen LogP contribution in [0.25, 0.3) is 5.69 Å². The van der Waals surface area contributed by atoms with Crippen molar-refractivity contribution in [2.75, 3.05) is 27.4 Å². The molecule has 1 aliphatic heterocycles. The minimum atomic E-state index is -0.498. The summed E-state index contributed by atoms with van der Waals surface area (Å²) in [6.45, 7) is 2.75. The SMILES string of the molecule is CCOC(=O)c1nn(-c2ccc(OC)cc2)c2c1CN(C(=O)c1ccccc1OC)CC2. The number of carbonyl (C=O) groups is 2. The van der Waals surface area contributed by atoms with Crippen LogP contribution in [0.5, 0.6) is 11.5 Å². The van der Waals surface area contributed by atoms with Gasteiger partial charge in [-0.1, -0.05) is 12.1 Å². The highest BCUT2D eigenvalue weighted by Gasteiger charge is 2.32. The minimum absolute atomic E-state index is 0.153. The zero-order valence-electron chi connectivity index (χ0n) is 18.3. The summed E-state index contributed by atoms with van der Waals surface area (Å²) in [7, 11) is 3.15. The highest BCUT2D eigenvalue weighted by atomic mass is 16.5. The number of para-hydroxylation sites is 1. The summed E-state index contributed by atoms with van der Waals surface area (Å²) in [5, 5.41) is 4.58. The number of carbonyl (C=O) groups excluding carboxylic acids is 2. The van der Waals surface area contributed by atoms with Gasteiger partial charge < -0.3 is 19.1 Å². The Morgan fingerprint density at radius 3 is 2.47 bits per heavy atom. The lowest BCUT2D eigenvalue weighted by molar-refractivity contribution is 0.0513. The van der Waals surface area contributed by atoms with Crippen molar-refractivity contribution in [2.45, 2.75) is 19.9 Å². The Morgan fingerprint density at radius 1 is 1.03 bits per heavy atom. The monoisotopic (exact) mass is 435 g/mol. The Morgan fingerprint density at radius 2 is 1.78 bits per heavy atom. The Labute approximate surface area is 186 Å². The molecule has 1 aromatic heterocycles. The predicted molar refractivity (Wildman–Crippen MR) is 118 cm³/mol. The van der Waals surface area contributed by atoms with Crippen LogP contribution < -0.4 is 9.47 Å². The molecule has 166 valence electrons. The van der Waals surface area contributed by atoms with Crippen molar-refractivity contribution in [2.24, 2.45) is 0 Å². The van der Waals surface area contributed by atoms with E-state index in [9.17, 15) is 9.59 Å². The van der Waals surface area contributed by atoms with Crippen molar-refractivity contribution in [3.05, 3.63) is 71.0 Å². The average molecular weight is 435 g/mol. The third kappa shape index (κ3) is 3.91. The lowest BCUT2D eigenvalue weighted by Crippen LogP contribution is -2.37. The number of esters is 1. The molecule has 0 unspecified atom stereocenters. The summed E-state index contributed by atoms with van der Waals surface area (Å²) in [4.78, 5) is 27.6. The molecule has 32 heavy (non-hydrogen) atoms. The van der Waals surface area contributed by atoms with Crippen molar-refractivity contribution in [3.8, 4) is 17.2 Å². The Kier molecular flexibility index (Phi) is 6.11. The fourth-order valence-corrected chi connectivity index (χ4v) is 3.88. The second kappa shape index (κ2) is 9.13. The molecule has 0 aliphatic carbocycles. The first-order valence-corrected chi connectivity index (χ1v) is 10.4. The first kappa shape index (κ1) is 21.4. The summed E-state index contributed by atoms with van der Waals surface area (Å²) < 4.78 is 17.6. The van der Waals surface area contributed by atoms with Crippen molar-refractivity contribution >= 4 is 11.9 Å². The molecule has 0 N–H and O–H groups in total. The number of hydrogen-bond acceptors (Lipinski definition) is 6. The van der Waals surface area contributed by atoms with Gasteiger partial charge in [0, 0.05) is 18.5 Å². The topological polar surface area (TPSA) is 82.9 Å². The molecule has 1 amide bonds. The van der Waals surface area contributed by atoms with Gasteiger partial charge in [0.2, 0.25) is 0 Å². The molecule has 0 saturated heterocycles. The van der Waals surface area contributed by atoms with Gasteiger partial charge in [-0.15, -0.1) is 0 Å². The van der Waals surface area contributed by atoms with E-state index in [1.54, 1.807) is 41.8 Å². The van der Waals surface area contributed by atoms with E-state index in [4.69, 9.17) is 14.2 Å². The molecular weight excluding hydrogens is 410 g/mol. The van der Waals surface area contributed by atoms with Gasteiger partial charge in [0.25, 0.3) is 5.91 Å². The number of hydrogen-bond donors (Lipinski definition) is 0. The zero-order chi connectivity index (χ0) is 22.7. The van der Waals surface area contributed by atoms with Gasteiger partial charge in [0.1, 0.15) is 11.5 Å².